The van der Waals surface area contributed by atoms with Crippen LogP contribution in [0.4, 0.5) is 0 Å². The number of ketones is 1. The second-order valence-electron chi connectivity index (χ2n) is 4.86. The molecule has 1 N–H and O–H groups in total. The van der Waals surface area contributed by atoms with Gasteiger partial charge in [0.2, 0.25) is 5.76 Å². The average molecular weight is 272 g/mol. The first-order valence-corrected chi connectivity index (χ1v) is 6.40. The van der Waals surface area contributed by atoms with Gasteiger partial charge in [0.15, 0.2) is 5.78 Å². The largest absolute Gasteiger partial charge is 0.475 e. The summed E-state index contributed by atoms with van der Waals surface area (Å²) in [6.45, 7) is 3.55. The fourth-order valence-electron chi connectivity index (χ4n) is 2.09. The Hall–Kier alpha value is -2.36. The first kappa shape index (κ1) is 14.1. The summed E-state index contributed by atoms with van der Waals surface area (Å²) in [5.74, 6) is -0.317. The van der Waals surface area contributed by atoms with Crippen LogP contribution in [-0.2, 0) is 6.42 Å². The third-order valence-corrected chi connectivity index (χ3v) is 3.24. The Morgan fingerprint density at radius 1 is 1.25 bits per heavy atom. The maximum atomic E-state index is 11.4. The third-order valence-electron chi connectivity index (χ3n) is 3.24. The number of hydrogen-bond acceptors (Lipinski definition) is 3. The summed E-state index contributed by atoms with van der Waals surface area (Å²) in [6, 6.07) is 10.6. The highest BCUT2D eigenvalue weighted by atomic mass is 16.4. The molecule has 0 aliphatic carbocycles. The van der Waals surface area contributed by atoms with Crippen molar-refractivity contribution in [1.82, 2.24) is 0 Å². The standard InChI is InChI=1S/C16H16O4/c1-10(8-14-6-7-15(20-14)16(18)19)12-4-3-5-13(9-12)11(2)17/h3-7,9-10H,8H2,1-2H3,(H,18,19)/t10-/m0/s1. The number of carbonyl (C=O) groups is 2. The Morgan fingerprint density at radius 2 is 2.00 bits per heavy atom. The van der Waals surface area contributed by atoms with Crippen molar-refractivity contribution in [3.05, 3.63) is 59.0 Å². The molecule has 104 valence electrons. The predicted octanol–water partition coefficient (Wildman–Crippen LogP) is 3.53. The number of carboxylic acids is 1. The minimum absolute atomic E-state index is 0.0326. The van der Waals surface area contributed by atoms with E-state index in [2.05, 4.69) is 0 Å². The van der Waals surface area contributed by atoms with E-state index in [4.69, 9.17) is 9.52 Å². The minimum Gasteiger partial charge on any atom is -0.475 e. The van der Waals surface area contributed by atoms with Crippen LogP contribution in [0.5, 0.6) is 0 Å². The van der Waals surface area contributed by atoms with Crippen molar-refractivity contribution in [1.29, 1.82) is 0 Å². The van der Waals surface area contributed by atoms with Gasteiger partial charge in [-0.25, -0.2) is 4.79 Å². The molecule has 2 aromatic rings. The topological polar surface area (TPSA) is 67.5 Å². The van der Waals surface area contributed by atoms with Crippen LogP contribution in [0.1, 0.15) is 52.0 Å². The molecule has 0 fully saturated rings. The lowest BCUT2D eigenvalue weighted by molar-refractivity contribution is 0.0660. The maximum absolute atomic E-state index is 11.4. The van der Waals surface area contributed by atoms with Crippen LogP contribution in [0, 0.1) is 0 Å². The SMILES string of the molecule is CC(=O)c1cccc([C@@H](C)Cc2ccc(C(=O)O)o2)c1. The van der Waals surface area contributed by atoms with Gasteiger partial charge in [0, 0.05) is 12.0 Å². The molecule has 0 saturated heterocycles. The van der Waals surface area contributed by atoms with E-state index in [1.165, 1.54) is 13.0 Å². The highest BCUT2D eigenvalue weighted by Gasteiger charge is 2.13. The Labute approximate surface area is 117 Å². The molecule has 20 heavy (non-hydrogen) atoms. The summed E-state index contributed by atoms with van der Waals surface area (Å²) in [5.41, 5.74) is 1.71. The van der Waals surface area contributed by atoms with Crippen molar-refractivity contribution in [2.45, 2.75) is 26.2 Å². The van der Waals surface area contributed by atoms with Gasteiger partial charge in [-0.3, -0.25) is 4.79 Å². The lowest BCUT2D eigenvalue weighted by Gasteiger charge is -2.11. The lowest BCUT2D eigenvalue weighted by atomic mass is 9.94. The third kappa shape index (κ3) is 3.15. The Kier molecular flexibility index (Phi) is 4.03. The van der Waals surface area contributed by atoms with Crippen LogP contribution < -0.4 is 0 Å². The number of furan rings is 1. The molecule has 0 saturated carbocycles. The number of aromatic carboxylic acids is 1. The molecule has 0 spiro atoms. The summed E-state index contributed by atoms with van der Waals surface area (Å²) in [5, 5.41) is 8.82. The molecule has 0 aliphatic heterocycles. The van der Waals surface area contributed by atoms with Crippen LogP contribution in [0.15, 0.2) is 40.8 Å². The zero-order chi connectivity index (χ0) is 14.7. The van der Waals surface area contributed by atoms with Gasteiger partial charge in [0.1, 0.15) is 5.76 Å². The molecule has 1 atom stereocenters. The van der Waals surface area contributed by atoms with Gasteiger partial charge in [0.25, 0.3) is 0 Å². The van der Waals surface area contributed by atoms with E-state index in [0.29, 0.717) is 17.7 Å². The van der Waals surface area contributed by atoms with E-state index >= 15 is 0 Å². The predicted molar refractivity (Wildman–Crippen MR) is 74.2 cm³/mol. The molecule has 0 unspecified atom stereocenters. The normalized spacial score (nSPS) is 12.1. The number of hydrogen-bond donors (Lipinski definition) is 1. The Balaban J connectivity index is 2.14. The van der Waals surface area contributed by atoms with E-state index < -0.39 is 5.97 Å². The van der Waals surface area contributed by atoms with Crippen LogP contribution in [0.2, 0.25) is 0 Å². The van der Waals surface area contributed by atoms with Crippen molar-refractivity contribution in [3.63, 3.8) is 0 Å². The number of carbonyl (C=O) groups excluding carboxylic acids is 1. The van der Waals surface area contributed by atoms with Crippen molar-refractivity contribution >= 4 is 11.8 Å². The molecule has 4 nitrogen and oxygen atoms in total. The summed E-state index contributed by atoms with van der Waals surface area (Å²) >= 11 is 0. The van der Waals surface area contributed by atoms with E-state index in [1.807, 2.05) is 25.1 Å². The highest BCUT2D eigenvalue weighted by Crippen LogP contribution is 2.22. The summed E-state index contributed by atoms with van der Waals surface area (Å²) in [4.78, 5) is 22.1. The van der Waals surface area contributed by atoms with Gasteiger partial charge in [0.05, 0.1) is 0 Å². The van der Waals surface area contributed by atoms with Crippen LogP contribution in [0.3, 0.4) is 0 Å². The first-order valence-electron chi connectivity index (χ1n) is 6.40. The lowest BCUT2D eigenvalue weighted by Crippen LogP contribution is -2.00. The first-order chi connectivity index (χ1) is 9.47. The zero-order valence-corrected chi connectivity index (χ0v) is 11.4. The van der Waals surface area contributed by atoms with Crippen molar-refractivity contribution in [2.24, 2.45) is 0 Å². The van der Waals surface area contributed by atoms with Gasteiger partial charge in [-0.15, -0.1) is 0 Å². The molecule has 1 heterocycles. The number of benzene rings is 1. The quantitative estimate of drug-likeness (QED) is 0.845. The maximum Gasteiger partial charge on any atom is 0.371 e. The number of Topliss-reactive ketones (excluding diaryl/α,β-unsaturated/α-hetero) is 1. The van der Waals surface area contributed by atoms with E-state index in [9.17, 15) is 9.59 Å². The fraction of sp³-hybridized carbons (Fsp3) is 0.250. The summed E-state index contributed by atoms with van der Waals surface area (Å²) < 4.78 is 5.25. The monoisotopic (exact) mass is 272 g/mol. The molecule has 0 amide bonds. The molecule has 0 bridgehead atoms. The minimum atomic E-state index is -1.07. The second kappa shape index (κ2) is 5.74. The van der Waals surface area contributed by atoms with Gasteiger partial charge in [-0.05, 0) is 36.6 Å². The molecule has 0 aliphatic rings. The molecule has 2 rings (SSSR count). The van der Waals surface area contributed by atoms with E-state index in [0.717, 1.165) is 5.56 Å². The summed E-state index contributed by atoms with van der Waals surface area (Å²) in [6.07, 6.45) is 0.592. The van der Waals surface area contributed by atoms with Gasteiger partial charge >= 0.3 is 5.97 Å². The Bertz CT molecular complexity index is 639. The fourth-order valence-corrected chi connectivity index (χ4v) is 2.09. The highest BCUT2D eigenvalue weighted by molar-refractivity contribution is 5.94. The average Bonchev–Trinajstić information content (AvgIpc) is 2.87. The van der Waals surface area contributed by atoms with E-state index in [-0.39, 0.29) is 17.5 Å². The van der Waals surface area contributed by atoms with Crippen LogP contribution >= 0.6 is 0 Å². The Morgan fingerprint density at radius 3 is 2.60 bits per heavy atom. The molecule has 1 aromatic carbocycles. The molecule has 4 heteroatoms. The van der Waals surface area contributed by atoms with Crippen molar-refractivity contribution < 1.29 is 19.1 Å². The van der Waals surface area contributed by atoms with Crippen molar-refractivity contribution in [2.75, 3.05) is 0 Å². The van der Waals surface area contributed by atoms with Gasteiger partial charge < -0.3 is 9.52 Å². The van der Waals surface area contributed by atoms with E-state index in [1.54, 1.807) is 12.1 Å². The number of carboxylic acid groups (broad SMARTS) is 1. The molecule has 1 aromatic heterocycles. The van der Waals surface area contributed by atoms with Crippen LogP contribution in [0.25, 0.3) is 0 Å². The van der Waals surface area contributed by atoms with Gasteiger partial charge in [-0.2, -0.15) is 0 Å². The van der Waals surface area contributed by atoms with Crippen LogP contribution in [-0.4, -0.2) is 16.9 Å². The number of rotatable bonds is 5. The smallest absolute Gasteiger partial charge is 0.371 e. The van der Waals surface area contributed by atoms with Gasteiger partial charge in [-0.1, -0.05) is 25.1 Å². The zero-order valence-electron chi connectivity index (χ0n) is 11.4. The van der Waals surface area contributed by atoms with Crippen molar-refractivity contribution in [3.8, 4) is 0 Å². The molecule has 0 radical (unpaired) electrons. The molecular weight excluding hydrogens is 256 g/mol. The second-order valence-corrected chi connectivity index (χ2v) is 4.86. The summed E-state index contributed by atoms with van der Waals surface area (Å²) in [7, 11) is 0. The molecular formula is C16H16O4.